The van der Waals surface area contributed by atoms with Gasteiger partial charge in [-0.05, 0) is 48.9 Å². The van der Waals surface area contributed by atoms with Crippen molar-refractivity contribution in [3.05, 3.63) is 94.3 Å². The van der Waals surface area contributed by atoms with Crippen LogP contribution in [0.5, 0.6) is 11.5 Å². The molecule has 3 aromatic rings. The normalized spacial score (nSPS) is 10.6. The van der Waals surface area contributed by atoms with E-state index in [1.165, 1.54) is 13.2 Å². The molecule has 32 heavy (non-hydrogen) atoms. The third kappa shape index (κ3) is 6.22. The van der Waals surface area contributed by atoms with Crippen LogP contribution in [-0.2, 0) is 13.2 Å². The van der Waals surface area contributed by atoms with Crippen LogP contribution in [0, 0.1) is 5.82 Å². The van der Waals surface area contributed by atoms with Crippen molar-refractivity contribution in [1.29, 1.82) is 0 Å². The fourth-order valence-electron chi connectivity index (χ4n) is 3.23. The lowest BCUT2D eigenvalue weighted by Gasteiger charge is -2.23. The molecule has 1 amide bonds. The van der Waals surface area contributed by atoms with Crippen molar-refractivity contribution >= 4 is 17.5 Å². The smallest absolute Gasteiger partial charge is 0.254 e. The van der Waals surface area contributed by atoms with Gasteiger partial charge in [-0.15, -0.1) is 0 Å². The van der Waals surface area contributed by atoms with E-state index in [4.69, 9.17) is 26.8 Å². The molecular weight excluding hydrogens is 431 g/mol. The van der Waals surface area contributed by atoms with Crippen LogP contribution in [0.25, 0.3) is 0 Å². The van der Waals surface area contributed by atoms with Gasteiger partial charge >= 0.3 is 0 Å². The predicted molar refractivity (Wildman–Crippen MR) is 124 cm³/mol. The highest BCUT2D eigenvalue weighted by atomic mass is 35.5. The average molecular weight is 457 g/mol. The molecule has 2 N–H and O–H groups in total. The molecule has 0 bridgehead atoms. The fraction of sp³-hybridized carbons (Fsp3) is 0.240. The Labute approximate surface area is 192 Å². The highest BCUT2D eigenvalue weighted by Gasteiger charge is 2.19. The summed E-state index contributed by atoms with van der Waals surface area (Å²) in [7, 11) is 1.52. The van der Waals surface area contributed by atoms with Crippen molar-refractivity contribution in [2.75, 3.05) is 20.2 Å². The molecule has 5 nitrogen and oxygen atoms in total. The minimum atomic E-state index is -0.453. The molecule has 168 valence electrons. The van der Waals surface area contributed by atoms with Gasteiger partial charge < -0.3 is 20.1 Å². The second-order valence-electron chi connectivity index (χ2n) is 7.24. The molecule has 0 fully saturated rings. The SMILES string of the molecule is COc1cc(C(=O)N(CCCN)Cc2ccc(Cl)cc2F)ccc1OCc1ccccc1. The van der Waals surface area contributed by atoms with Crippen LogP contribution in [0.3, 0.4) is 0 Å². The zero-order chi connectivity index (χ0) is 22.9. The molecule has 0 aliphatic rings. The van der Waals surface area contributed by atoms with Crippen LogP contribution in [-0.4, -0.2) is 31.0 Å². The van der Waals surface area contributed by atoms with Crippen molar-refractivity contribution in [2.45, 2.75) is 19.6 Å². The Morgan fingerprint density at radius 3 is 2.53 bits per heavy atom. The van der Waals surface area contributed by atoms with Gasteiger partial charge in [0.25, 0.3) is 5.91 Å². The number of carbonyl (C=O) groups is 1. The zero-order valence-corrected chi connectivity index (χ0v) is 18.6. The molecular formula is C25H26ClFN2O3. The van der Waals surface area contributed by atoms with Gasteiger partial charge in [0.15, 0.2) is 11.5 Å². The second-order valence-corrected chi connectivity index (χ2v) is 7.68. The van der Waals surface area contributed by atoms with Crippen LogP contribution in [0.2, 0.25) is 5.02 Å². The van der Waals surface area contributed by atoms with Crippen molar-refractivity contribution in [3.63, 3.8) is 0 Å². The highest BCUT2D eigenvalue weighted by molar-refractivity contribution is 6.30. The molecule has 0 atom stereocenters. The monoisotopic (exact) mass is 456 g/mol. The van der Waals surface area contributed by atoms with Crippen molar-refractivity contribution < 1.29 is 18.7 Å². The van der Waals surface area contributed by atoms with E-state index in [-0.39, 0.29) is 12.5 Å². The van der Waals surface area contributed by atoms with Crippen LogP contribution < -0.4 is 15.2 Å². The summed E-state index contributed by atoms with van der Waals surface area (Å²) >= 11 is 5.85. The van der Waals surface area contributed by atoms with Crippen molar-refractivity contribution in [3.8, 4) is 11.5 Å². The van der Waals surface area contributed by atoms with E-state index in [0.29, 0.717) is 53.8 Å². The Morgan fingerprint density at radius 1 is 1.06 bits per heavy atom. The molecule has 3 aromatic carbocycles. The minimum absolute atomic E-state index is 0.108. The first-order valence-electron chi connectivity index (χ1n) is 10.3. The van der Waals surface area contributed by atoms with Crippen molar-refractivity contribution in [1.82, 2.24) is 4.90 Å². The summed E-state index contributed by atoms with van der Waals surface area (Å²) in [5.74, 6) is 0.277. The number of carbonyl (C=O) groups excluding carboxylic acids is 1. The number of benzene rings is 3. The Kier molecular flexibility index (Phi) is 8.48. The number of halogens is 2. The Balaban J connectivity index is 1.78. The molecule has 0 unspecified atom stereocenters. The van der Waals surface area contributed by atoms with E-state index in [0.717, 1.165) is 5.56 Å². The number of amides is 1. The maximum absolute atomic E-state index is 14.3. The van der Waals surface area contributed by atoms with Gasteiger partial charge in [0.1, 0.15) is 12.4 Å². The number of hydrogen-bond acceptors (Lipinski definition) is 4. The molecule has 0 aromatic heterocycles. The first-order valence-corrected chi connectivity index (χ1v) is 10.7. The topological polar surface area (TPSA) is 64.8 Å². The summed E-state index contributed by atoms with van der Waals surface area (Å²) in [5.41, 5.74) is 7.46. The van der Waals surface area contributed by atoms with E-state index in [2.05, 4.69) is 0 Å². The summed E-state index contributed by atoms with van der Waals surface area (Å²) in [6.07, 6.45) is 0.594. The lowest BCUT2D eigenvalue weighted by molar-refractivity contribution is 0.0740. The molecule has 0 saturated heterocycles. The largest absolute Gasteiger partial charge is 0.493 e. The molecule has 0 aliphatic carbocycles. The van der Waals surface area contributed by atoms with Gasteiger partial charge in [0.05, 0.1) is 7.11 Å². The summed E-state index contributed by atoms with van der Waals surface area (Å²) in [4.78, 5) is 14.8. The lowest BCUT2D eigenvalue weighted by atomic mass is 10.1. The number of ether oxygens (including phenoxy) is 2. The summed E-state index contributed by atoms with van der Waals surface area (Å²) in [5, 5.41) is 0.307. The second kappa shape index (κ2) is 11.5. The van der Waals surface area contributed by atoms with Gasteiger partial charge in [-0.1, -0.05) is 48.0 Å². The Bertz CT molecular complexity index is 1050. The first-order chi connectivity index (χ1) is 15.5. The molecule has 7 heteroatoms. The molecule has 0 aliphatic heterocycles. The van der Waals surface area contributed by atoms with E-state index < -0.39 is 5.82 Å². The van der Waals surface area contributed by atoms with Crippen molar-refractivity contribution in [2.24, 2.45) is 5.73 Å². The fourth-order valence-corrected chi connectivity index (χ4v) is 3.39. The number of nitrogens with two attached hydrogens (primary N) is 1. The van der Waals surface area contributed by atoms with Crippen LogP contribution in [0.1, 0.15) is 27.9 Å². The molecule has 0 saturated carbocycles. The quantitative estimate of drug-likeness (QED) is 0.463. The van der Waals surface area contributed by atoms with E-state index in [1.807, 2.05) is 30.3 Å². The van der Waals surface area contributed by atoms with E-state index in [9.17, 15) is 9.18 Å². The third-order valence-corrected chi connectivity index (χ3v) is 5.18. The van der Waals surface area contributed by atoms with Gasteiger partial charge in [-0.2, -0.15) is 0 Å². The third-order valence-electron chi connectivity index (χ3n) is 4.94. The summed E-state index contributed by atoms with van der Waals surface area (Å²) in [6, 6.07) is 19.2. The first kappa shape index (κ1) is 23.6. The highest BCUT2D eigenvalue weighted by Crippen LogP contribution is 2.30. The zero-order valence-electron chi connectivity index (χ0n) is 17.9. The van der Waals surface area contributed by atoms with Crippen LogP contribution in [0.15, 0.2) is 66.7 Å². The van der Waals surface area contributed by atoms with E-state index in [1.54, 1.807) is 35.2 Å². The summed E-state index contributed by atoms with van der Waals surface area (Å²) < 4.78 is 25.6. The number of rotatable bonds is 10. The molecule has 0 spiro atoms. The number of methoxy groups -OCH3 is 1. The number of hydrogen-bond donors (Lipinski definition) is 1. The van der Waals surface area contributed by atoms with Gasteiger partial charge in [0, 0.05) is 29.2 Å². The minimum Gasteiger partial charge on any atom is -0.493 e. The van der Waals surface area contributed by atoms with Crippen LogP contribution >= 0.6 is 11.6 Å². The summed E-state index contributed by atoms with van der Waals surface area (Å²) in [6.45, 7) is 1.30. The molecule has 0 radical (unpaired) electrons. The van der Waals surface area contributed by atoms with E-state index >= 15 is 0 Å². The molecule has 0 heterocycles. The van der Waals surface area contributed by atoms with Gasteiger partial charge in [-0.3, -0.25) is 4.79 Å². The van der Waals surface area contributed by atoms with Gasteiger partial charge in [0.2, 0.25) is 0 Å². The number of nitrogens with zero attached hydrogens (tertiary/aromatic N) is 1. The standard InChI is InChI=1S/C25H26ClFN2O3/c1-31-24-14-19(9-11-23(24)32-17-18-6-3-2-4-7-18)25(30)29(13-5-12-28)16-20-8-10-21(26)15-22(20)27/h2-4,6-11,14-15H,5,12-13,16-17,28H2,1H3. The Hall–Kier alpha value is -3.09. The average Bonchev–Trinajstić information content (AvgIpc) is 2.81. The predicted octanol–water partition coefficient (Wildman–Crippen LogP) is 5.06. The van der Waals surface area contributed by atoms with Crippen LogP contribution in [0.4, 0.5) is 4.39 Å². The molecule has 3 rings (SSSR count). The Morgan fingerprint density at radius 2 is 1.84 bits per heavy atom. The maximum atomic E-state index is 14.3. The maximum Gasteiger partial charge on any atom is 0.254 e. The van der Waals surface area contributed by atoms with Gasteiger partial charge in [-0.25, -0.2) is 4.39 Å². The lowest BCUT2D eigenvalue weighted by Crippen LogP contribution is -2.33.